The Morgan fingerprint density at radius 3 is 2.80 bits per heavy atom. The van der Waals surface area contributed by atoms with Gasteiger partial charge in [0, 0.05) is 17.5 Å². The van der Waals surface area contributed by atoms with Crippen LogP contribution in [-0.4, -0.2) is 10.1 Å². The number of hydrogen-bond donors (Lipinski definition) is 1. The van der Waals surface area contributed by atoms with Gasteiger partial charge < -0.3 is 5.11 Å². The van der Waals surface area contributed by atoms with Gasteiger partial charge in [0.25, 0.3) is 0 Å². The fourth-order valence-corrected chi connectivity index (χ4v) is 3.18. The zero-order chi connectivity index (χ0) is 10.8. The van der Waals surface area contributed by atoms with Crippen molar-refractivity contribution >= 4 is 34.3 Å². The number of aliphatic hydroxyl groups is 1. The molecule has 5 heteroatoms. The molecule has 0 amide bonds. The number of nitrogens with zero attached hydrogens (tertiary/aromatic N) is 1. The molecule has 2 aromatic heterocycles. The summed E-state index contributed by atoms with van der Waals surface area (Å²) < 4.78 is 0.762. The molecule has 80 valence electrons. The lowest BCUT2D eigenvalue weighted by Crippen LogP contribution is -1.97. The van der Waals surface area contributed by atoms with Crippen LogP contribution in [0.15, 0.2) is 18.3 Å². The van der Waals surface area contributed by atoms with Crippen LogP contribution in [0.5, 0.6) is 0 Å². The van der Waals surface area contributed by atoms with E-state index >= 15 is 0 Å². The van der Waals surface area contributed by atoms with E-state index in [2.05, 4.69) is 4.98 Å². The van der Waals surface area contributed by atoms with Crippen LogP contribution in [0.2, 0.25) is 4.34 Å². The summed E-state index contributed by atoms with van der Waals surface area (Å²) in [4.78, 5) is 6.13. The van der Waals surface area contributed by atoms with Crippen molar-refractivity contribution in [2.75, 3.05) is 0 Å². The van der Waals surface area contributed by atoms with Crippen molar-refractivity contribution in [2.45, 2.75) is 19.4 Å². The third kappa shape index (κ3) is 2.78. The Balaban J connectivity index is 2.06. The maximum absolute atomic E-state index is 9.93. The van der Waals surface area contributed by atoms with Gasteiger partial charge in [-0.25, -0.2) is 4.98 Å². The van der Waals surface area contributed by atoms with Gasteiger partial charge in [-0.2, -0.15) is 0 Å². The molecule has 2 aromatic rings. The van der Waals surface area contributed by atoms with Gasteiger partial charge in [-0.1, -0.05) is 11.6 Å². The molecule has 0 aliphatic heterocycles. The maximum Gasteiger partial charge on any atom is 0.0946 e. The minimum atomic E-state index is -0.467. The summed E-state index contributed by atoms with van der Waals surface area (Å²) in [5.41, 5.74) is 0. The van der Waals surface area contributed by atoms with Gasteiger partial charge in [-0.15, -0.1) is 22.7 Å². The Kier molecular flexibility index (Phi) is 3.41. The summed E-state index contributed by atoms with van der Waals surface area (Å²) in [6.45, 7) is 1.93. The predicted octanol–water partition coefficient (Wildman–Crippen LogP) is 3.44. The van der Waals surface area contributed by atoms with Gasteiger partial charge in [0.2, 0.25) is 0 Å². The summed E-state index contributed by atoms with van der Waals surface area (Å²) in [6.07, 6.45) is 1.88. The van der Waals surface area contributed by atoms with E-state index in [1.165, 1.54) is 22.7 Å². The van der Waals surface area contributed by atoms with Crippen molar-refractivity contribution < 1.29 is 5.11 Å². The molecule has 0 spiro atoms. The van der Waals surface area contributed by atoms with Crippen molar-refractivity contribution in [3.05, 3.63) is 37.4 Å². The van der Waals surface area contributed by atoms with Gasteiger partial charge in [0.1, 0.15) is 0 Å². The normalized spacial score (nSPS) is 13.0. The monoisotopic (exact) mass is 259 g/mol. The second kappa shape index (κ2) is 4.61. The van der Waals surface area contributed by atoms with Crippen molar-refractivity contribution in [1.82, 2.24) is 4.98 Å². The van der Waals surface area contributed by atoms with Crippen LogP contribution >= 0.6 is 34.3 Å². The molecule has 0 aliphatic carbocycles. The Hall–Kier alpha value is -0.420. The number of thiophene rings is 1. The summed E-state index contributed by atoms with van der Waals surface area (Å²) in [5, 5.41) is 10.9. The molecule has 0 radical (unpaired) electrons. The molecule has 1 atom stereocenters. The van der Waals surface area contributed by atoms with Gasteiger partial charge in [0.05, 0.1) is 20.3 Å². The molecule has 0 aliphatic rings. The Bertz CT molecular complexity index is 452. The quantitative estimate of drug-likeness (QED) is 0.916. The molecule has 2 nitrogen and oxygen atoms in total. The SMILES string of the molecule is Cc1ncc(C(O)Cc2ccc(Cl)s2)s1. The van der Waals surface area contributed by atoms with Crippen molar-refractivity contribution in [1.29, 1.82) is 0 Å². The Labute approximate surface area is 101 Å². The smallest absolute Gasteiger partial charge is 0.0946 e. The summed E-state index contributed by atoms with van der Waals surface area (Å²) in [6, 6.07) is 3.80. The lowest BCUT2D eigenvalue weighted by atomic mass is 10.2. The fourth-order valence-electron chi connectivity index (χ4n) is 1.28. The number of aromatic nitrogens is 1. The molecule has 0 fully saturated rings. The molecule has 1 unspecified atom stereocenters. The Morgan fingerprint density at radius 2 is 2.27 bits per heavy atom. The highest BCUT2D eigenvalue weighted by Crippen LogP contribution is 2.28. The number of aliphatic hydroxyl groups excluding tert-OH is 1. The average Bonchev–Trinajstić information content (AvgIpc) is 2.75. The fraction of sp³-hybridized carbons (Fsp3) is 0.300. The zero-order valence-electron chi connectivity index (χ0n) is 8.11. The van der Waals surface area contributed by atoms with E-state index in [0.717, 1.165) is 19.1 Å². The van der Waals surface area contributed by atoms with Crippen LogP contribution in [0.25, 0.3) is 0 Å². The molecule has 0 aromatic carbocycles. The first-order chi connectivity index (χ1) is 7.15. The highest BCUT2D eigenvalue weighted by atomic mass is 35.5. The Morgan fingerprint density at radius 1 is 1.47 bits per heavy atom. The molecule has 0 saturated heterocycles. The lowest BCUT2D eigenvalue weighted by Gasteiger charge is -2.04. The first-order valence-corrected chi connectivity index (χ1v) is 6.51. The number of hydrogen-bond acceptors (Lipinski definition) is 4. The van der Waals surface area contributed by atoms with E-state index in [-0.39, 0.29) is 0 Å². The molecule has 0 saturated carbocycles. The molecule has 1 N–H and O–H groups in total. The maximum atomic E-state index is 9.93. The second-order valence-electron chi connectivity index (χ2n) is 3.21. The standard InChI is InChI=1S/C10H10ClNOS2/c1-6-12-5-9(14-6)8(13)4-7-2-3-10(11)15-7/h2-3,5,8,13H,4H2,1H3. The van der Waals surface area contributed by atoms with Gasteiger partial charge in [-0.3, -0.25) is 0 Å². The van der Waals surface area contributed by atoms with Gasteiger partial charge in [-0.05, 0) is 19.1 Å². The first kappa shape index (κ1) is 11.1. The zero-order valence-corrected chi connectivity index (χ0v) is 10.5. The van der Waals surface area contributed by atoms with Gasteiger partial charge in [0.15, 0.2) is 0 Å². The summed E-state index contributed by atoms with van der Waals surface area (Å²) in [7, 11) is 0. The molecular weight excluding hydrogens is 250 g/mol. The topological polar surface area (TPSA) is 33.1 Å². The van der Waals surface area contributed by atoms with E-state index in [1.807, 2.05) is 19.1 Å². The largest absolute Gasteiger partial charge is 0.387 e. The highest BCUT2D eigenvalue weighted by molar-refractivity contribution is 7.16. The van der Waals surface area contributed by atoms with Gasteiger partial charge >= 0.3 is 0 Å². The van der Waals surface area contributed by atoms with Crippen molar-refractivity contribution in [3.8, 4) is 0 Å². The van der Waals surface area contributed by atoms with E-state index < -0.39 is 6.10 Å². The summed E-state index contributed by atoms with van der Waals surface area (Å²) in [5.74, 6) is 0. The van der Waals surface area contributed by atoms with Crippen LogP contribution in [-0.2, 0) is 6.42 Å². The van der Waals surface area contributed by atoms with Crippen molar-refractivity contribution in [2.24, 2.45) is 0 Å². The average molecular weight is 260 g/mol. The molecule has 2 heterocycles. The third-order valence-corrected chi connectivity index (χ3v) is 4.26. The number of aryl methyl sites for hydroxylation is 1. The first-order valence-electron chi connectivity index (χ1n) is 4.50. The highest BCUT2D eigenvalue weighted by Gasteiger charge is 2.12. The van der Waals surface area contributed by atoms with E-state index in [0.29, 0.717) is 6.42 Å². The lowest BCUT2D eigenvalue weighted by molar-refractivity contribution is 0.183. The number of halogens is 1. The van der Waals surface area contributed by atoms with Crippen LogP contribution in [0.3, 0.4) is 0 Å². The van der Waals surface area contributed by atoms with Crippen LogP contribution in [0.1, 0.15) is 20.9 Å². The number of rotatable bonds is 3. The predicted molar refractivity (Wildman–Crippen MR) is 64.8 cm³/mol. The minimum absolute atomic E-state index is 0.467. The molecule has 2 rings (SSSR count). The van der Waals surface area contributed by atoms with Crippen LogP contribution in [0.4, 0.5) is 0 Å². The third-order valence-electron chi connectivity index (χ3n) is 1.99. The molecule has 0 bridgehead atoms. The second-order valence-corrected chi connectivity index (χ2v) is 6.27. The molecular formula is C10H10ClNOS2. The van der Waals surface area contributed by atoms with Crippen molar-refractivity contribution in [3.63, 3.8) is 0 Å². The number of thiazole rings is 1. The minimum Gasteiger partial charge on any atom is -0.387 e. The van der Waals surface area contributed by atoms with Crippen LogP contribution in [0, 0.1) is 6.92 Å². The van der Waals surface area contributed by atoms with E-state index in [1.54, 1.807) is 6.20 Å². The molecule has 15 heavy (non-hydrogen) atoms. The van der Waals surface area contributed by atoms with E-state index in [4.69, 9.17) is 11.6 Å². The van der Waals surface area contributed by atoms with Crippen LogP contribution < -0.4 is 0 Å². The van der Waals surface area contributed by atoms with E-state index in [9.17, 15) is 5.11 Å². The summed E-state index contributed by atoms with van der Waals surface area (Å²) >= 11 is 8.86.